The van der Waals surface area contributed by atoms with Crippen molar-refractivity contribution in [3.8, 4) is 0 Å². The van der Waals surface area contributed by atoms with Crippen LogP contribution in [-0.2, 0) is 6.54 Å². The Morgan fingerprint density at radius 3 is 2.50 bits per heavy atom. The van der Waals surface area contributed by atoms with Gasteiger partial charge in [0.15, 0.2) is 0 Å². The molecule has 1 aromatic carbocycles. The number of nitrogen functional groups attached to an aromatic ring is 1. The summed E-state index contributed by atoms with van der Waals surface area (Å²) in [6.07, 6.45) is 5.60. The summed E-state index contributed by atoms with van der Waals surface area (Å²) >= 11 is 0. The van der Waals surface area contributed by atoms with E-state index in [-0.39, 0.29) is 24.8 Å². The van der Waals surface area contributed by atoms with Crippen molar-refractivity contribution in [2.24, 2.45) is 5.92 Å². The number of hydrogen-bond acceptors (Lipinski definition) is 3. The van der Waals surface area contributed by atoms with E-state index in [1.54, 1.807) is 0 Å². The highest BCUT2D eigenvalue weighted by atomic mass is 35.5. The molecule has 1 aromatic rings. The number of anilines is 1. The summed E-state index contributed by atoms with van der Waals surface area (Å²) in [5, 5.41) is 0. The highest BCUT2D eigenvalue weighted by molar-refractivity contribution is 5.85. The van der Waals surface area contributed by atoms with E-state index in [4.69, 9.17) is 5.73 Å². The third-order valence-corrected chi connectivity index (χ3v) is 4.69. The zero-order valence-corrected chi connectivity index (χ0v) is 14.9. The first-order valence-corrected chi connectivity index (χ1v) is 8.09. The molecule has 22 heavy (non-hydrogen) atoms. The van der Waals surface area contributed by atoms with Crippen LogP contribution in [0.15, 0.2) is 24.3 Å². The Bertz CT molecular complexity index is 436. The van der Waals surface area contributed by atoms with E-state index in [1.807, 2.05) is 6.07 Å². The molecule has 2 heterocycles. The van der Waals surface area contributed by atoms with Crippen molar-refractivity contribution in [3.05, 3.63) is 29.8 Å². The predicted octanol–water partition coefficient (Wildman–Crippen LogP) is 3.42. The first-order chi connectivity index (χ1) is 9.79. The molecular formula is C17H29Cl2N3. The van der Waals surface area contributed by atoms with Gasteiger partial charge in [-0.25, -0.2) is 0 Å². The van der Waals surface area contributed by atoms with E-state index in [1.165, 1.54) is 64.0 Å². The van der Waals surface area contributed by atoms with Gasteiger partial charge in [0.05, 0.1) is 0 Å². The molecule has 2 saturated heterocycles. The van der Waals surface area contributed by atoms with Crippen LogP contribution < -0.4 is 5.73 Å². The molecule has 0 spiro atoms. The normalized spacial score (nSPS) is 22.8. The second-order valence-corrected chi connectivity index (χ2v) is 6.50. The largest absolute Gasteiger partial charge is 0.399 e. The highest BCUT2D eigenvalue weighted by Gasteiger charge is 2.24. The standard InChI is InChI=1S/C17H27N3.2ClH/c18-17-6-4-5-15(11-17)12-20-10-7-16(14-20)13-19-8-2-1-3-9-19;;/h4-6,11,16H,1-3,7-10,12-14,18H2;2*1H. The average molecular weight is 346 g/mol. The van der Waals surface area contributed by atoms with E-state index in [9.17, 15) is 0 Å². The molecule has 2 fully saturated rings. The van der Waals surface area contributed by atoms with Crippen LogP contribution in [0.3, 0.4) is 0 Å². The Labute approximate surface area is 147 Å². The number of nitrogens with two attached hydrogens (primary N) is 1. The minimum Gasteiger partial charge on any atom is -0.399 e. The van der Waals surface area contributed by atoms with Gasteiger partial charge in [0.1, 0.15) is 0 Å². The molecule has 0 saturated carbocycles. The van der Waals surface area contributed by atoms with Gasteiger partial charge in [-0.15, -0.1) is 24.8 Å². The van der Waals surface area contributed by atoms with Gasteiger partial charge in [0, 0.05) is 25.3 Å². The summed E-state index contributed by atoms with van der Waals surface area (Å²) in [6.45, 7) is 7.52. The fraction of sp³-hybridized carbons (Fsp3) is 0.647. The van der Waals surface area contributed by atoms with Gasteiger partial charge < -0.3 is 10.6 Å². The van der Waals surface area contributed by atoms with Crippen LogP contribution in [0.2, 0.25) is 0 Å². The first-order valence-electron chi connectivity index (χ1n) is 8.09. The van der Waals surface area contributed by atoms with Gasteiger partial charge in [-0.05, 0) is 62.5 Å². The lowest BCUT2D eigenvalue weighted by Crippen LogP contribution is -2.35. The summed E-state index contributed by atoms with van der Waals surface area (Å²) in [5.41, 5.74) is 8.09. The SMILES string of the molecule is Cl.Cl.Nc1cccc(CN2CCC(CN3CCCCC3)C2)c1. The first kappa shape index (κ1) is 19.6. The van der Waals surface area contributed by atoms with Gasteiger partial charge in [-0.2, -0.15) is 0 Å². The van der Waals surface area contributed by atoms with Crippen molar-refractivity contribution < 1.29 is 0 Å². The number of benzene rings is 1. The van der Waals surface area contributed by atoms with Crippen LogP contribution in [0, 0.1) is 5.92 Å². The molecule has 0 aromatic heterocycles. The third kappa shape index (κ3) is 5.62. The third-order valence-electron chi connectivity index (χ3n) is 4.69. The number of rotatable bonds is 4. The van der Waals surface area contributed by atoms with Gasteiger partial charge >= 0.3 is 0 Å². The lowest BCUT2D eigenvalue weighted by molar-refractivity contribution is 0.193. The lowest BCUT2D eigenvalue weighted by Gasteiger charge is -2.29. The molecule has 0 radical (unpaired) electrons. The molecule has 1 atom stereocenters. The van der Waals surface area contributed by atoms with E-state index < -0.39 is 0 Å². The number of piperidine rings is 1. The summed E-state index contributed by atoms with van der Waals surface area (Å²) in [5.74, 6) is 0.870. The molecule has 1 unspecified atom stereocenters. The van der Waals surface area contributed by atoms with Crippen LogP contribution >= 0.6 is 24.8 Å². The fourth-order valence-corrected chi connectivity index (χ4v) is 3.66. The van der Waals surface area contributed by atoms with E-state index >= 15 is 0 Å². The minimum atomic E-state index is 0. The molecule has 3 nitrogen and oxygen atoms in total. The van der Waals surface area contributed by atoms with E-state index in [0.717, 1.165) is 18.2 Å². The van der Waals surface area contributed by atoms with Gasteiger partial charge in [-0.3, -0.25) is 4.90 Å². The van der Waals surface area contributed by atoms with Crippen molar-refractivity contribution in [2.45, 2.75) is 32.2 Å². The van der Waals surface area contributed by atoms with E-state index in [0.29, 0.717) is 0 Å². The maximum atomic E-state index is 5.86. The molecule has 2 aliphatic heterocycles. The smallest absolute Gasteiger partial charge is 0.0317 e. The molecule has 126 valence electrons. The predicted molar refractivity (Wildman–Crippen MR) is 99.0 cm³/mol. The number of nitrogens with zero attached hydrogens (tertiary/aromatic N) is 2. The second kappa shape index (κ2) is 9.61. The van der Waals surface area contributed by atoms with Crippen molar-refractivity contribution in [3.63, 3.8) is 0 Å². The highest BCUT2D eigenvalue weighted by Crippen LogP contribution is 2.21. The maximum Gasteiger partial charge on any atom is 0.0317 e. The average Bonchev–Trinajstić information content (AvgIpc) is 2.87. The summed E-state index contributed by atoms with van der Waals surface area (Å²) in [4.78, 5) is 5.27. The lowest BCUT2D eigenvalue weighted by atomic mass is 10.1. The Hall–Kier alpha value is -0.480. The van der Waals surface area contributed by atoms with Crippen molar-refractivity contribution in [1.82, 2.24) is 9.80 Å². The van der Waals surface area contributed by atoms with Gasteiger partial charge in [0.25, 0.3) is 0 Å². The molecular weight excluding hydrogens is 317 g/mol. The molecule has 0 aliphatic carbocycles. The Kier molecular flexibility index (Phi) is 8.55. The number of halogens is 2. The Morgan fingerprint density at radius 2 is 1.77 bits per heavy atom. The fourth-order valence-electron chi connectivity index (χ4n) is 3.66. The maximum absolute atomic E-state index is 5.86. The minimum absolute atomic E-state index is 0. The van der Waals surface area contributed by atoms with Crippen LogP contribution in [0.4, 0.5) is 5.69 Å². The van der Waals surface area contributed by atoms with Crippen LogP contribution in [0.25, 0.3) is 0 Å². The van der Waals surface area contributed by atoms with Gasteiger partial charge in [0.2, 0.25) is 0 Å². The summed E-state index contributed by atoms with van der Waals surface area (Å²) in [7, 11) is 0. The zero-order chi connectivity index (χ0) is 13.8. The van der Waals surface area contributed by atoms with Crippen LogP contribution in [-0.4, -0.2) is 42.5 Å². The quantitative estimate of drug-likeness (QED) is 0.848. The topological polar surface area (TPSA) is 32.5 Å². The number of likely N-dealkylation sites (tertiary alicyclic amines) is 2. The van der Waals surface area contributed by atoms with Crippen molar-refractivity contribution in [2.75, 3.05) is 38.5 Å². The zero-order valence-electron chi connectivity index (χ0n) is 13.2. The second-order valence-electron chi connectivity index (χ2n) is 6.50. The Morgan fingerprint density at radius 1 is 1.00 bits per heavy atom. The number of hydrogen-bond donors (Lipinski definition) is 1. The van der Waals surface area contributed by atoms with Crippen molar-refractivity contribution >= 4 is 30.5 Å². The van der Waals surface area contributed by atoms with Crippen LogP contribution in [0.5, 0.6) is 0 Å². The monoisotopic (exact) mass is 345 g/mol. The van der Waals surface area contributed by atoms with E-state index in [2.05, 4.69) is 28.0 Å². The molecule has 0 bridgehead atoms. The molecule has 5 heteroatoms. The van der Waals surface area contributed by atoms with Crippen molar-refractivity contribution in [1.29, 1.82) is 0 Å². The molecule has 0 amide bonds. The Balaban J connectivity index is 0.00000121. The summed E-state index contributed by atoms with van der Waals surface area (Å²) in [6, 6.07) is 8.32. The molecule has 2 aliphatic rings. The molecule has 3 rings (SSSR count). The van der Waals surface area contributed by atoms with Gasteiger partial charge in [-0.1, -0.05) is 18.6 Å². The van der Waals surface area contributed by atoms with Crippen LogP contribution in [0.1, 0.15) is 31.2 Å². The molecule has 2 N–H and O–H groups in total. The summed E-state index contributed by atoms with van der Waals surface area (Å²) < 4.78 is 0.